The fourth-order valence-corrected chi connectivity index (χ4v) is 1.21. The topological polar surface area (TPSA) is 39.7 Å². The first-order valence-corrected chi connectivity index (χ1v) is 5.33. The van der Waals surface area contributed by atoms with Gasteiger partial charge in [0.05, 0.1) is 13.7 Å². The first-order valence-electron chi connectivity index (χ1n) is 5.33. The molecule has 0 amide bonds. The molecule has 90 valence electrons. The number of ether oxygens (including phenoxy) is 3. The van der Waals surface area contributed by atoms with Crippen LogP contribution in [0.25, 0.3) is 0 Å². The van der Waals surface area contributed by atoms with Gasteiger partial charge in [-0.3, -0.25) is 0 Å². The zero-order valence-electron chi connectivity index (χ0n) is 9.86. The third kappa shape index (κ3) is 5.00. The van der Waals surface area contributed by atoms with Crippen molar-refractivity contribution in [2.24, 2.45) is 0 Å². The second-order valence-corrected chi connectivity index (χ2v) is 3.27. The van der Waals surface area contributed by atoms with Crippen LogP contribution in [-0.2, 0) is 4.74 Å². The van der Waals surface area contributed by atoms with Gasteiger partial charge in [0.15, 0.2) is 0 Å². The molecule has 0 bridgehead atoms. The lowest BCUT2D eigenvalue weighted by Crippen LogP contribution is -2.24. The largest absolute Gasteiger partial charge is 0.497 e. The Morgan fingerprint density at radius 1 is 0.938 bits per heavy atom. The Morgan fingerprint density at radius 3 is 2.19 bits per heavy atom. The lowest BCUT2D eigenvalue weighted by molar-refractivity contribution is 0.197. The molecule has 0 saturated carbocycles. The molecule has 0 radical (unpaired) electrons. The Labute approximate surface area is 96.5 Å². The van der Waals surface area contributed by atoms with Gasteiger partial charge in [-0.2, -0.15) is 0 Å². The molecule has 0 atom stereocenters. The molecule has 0 aliphatic heterocycles. The normalized spacial score (nSPS) is 10.1. The molecule has 1 aromatic rings. The summed E-state index contributed by atoms with van der Waals surface area (Å²) in [4.78, 5) is 0. The summed E-state index contributed by atoms with van der Waals surface area (Å²) in [7, 11) is 3.34. The molecule has 4 nitrogen and oxygen atoms in total. The van der Waals surface area contributed by atoms with E-state index >= 15 is 0 Å². The summed E-state index contributed by atoms with van der Waals surface area (Å²) in [5.74, 6) is 1.69. The number of nitrogens with one attached hydrogen (secondary N) is 1. The summed E-state index contributed by atoms with van der Waals surface area (Å²) in [6, 6.07) is 7.56. The highest BCUT2D eigenvalue weighted by atomic mass is 16.5. The van der Waals surface area contributed by atoms with Crippen LogP contribution in [0, 0.1) is 0 Å². The second-order valence-electron chi connectivity index (χ2n) is 3.27. The minimum Gasteiger partial charge on any atom is -0.497 e. The van der Waals surface area contributed by atoms with E-state index in [2.05, 4.69) is 5.32 Å². The van der Waals surface area contributed by atoms with Crippen molar-refractivity contribution in [3.63, 3.8) is 0 Å². The summed E-state index contributed by atoms with van der Waals surface area (Å²) in [6.07, 6.45) is 0. The van der Waals surface area contributed by atoms with Crippen LogP contribution in [0.1, 0.15) is 0 Å². The van der Waals surface area contributed by atoms with Crippen molar-refractivity contribution in [2.75, 3.05) is 40.5 Å². The monoisotopic (exact) mass is 225 g/mol. The van der Waals surface area contributed by atoms with Crippen LogP contribution in [0.5, 0.6) is 11.5 Å². The fourth-order valence-electron chi connectivity index (χ4n) is 1.21. The van der Waals surface area contributed by atoms with Crippen molar-refractivity contribution in [1.29, 1.82) is 0 Å². The molecular formula is C12H19NO3. The highest BCUT2D eigenvalue weighted by Crippen LogP contribution is 2.16. The van der Waals surface area contributed by atoms with E-state index in [9.17, 15) is 0 Å². The van der Waals surface area contributed by atoms with Crippen molar-refractivity contribution in [1.82, 2.24) is 5.32 Å². The van der Waals surface area contributed by atoms with E-state index in [1.165, 1.54) is 0 Å². The standard InChI is InChI=1S/C12H19NO3/c1-14-9-7-13-8-10-16-12-5-3-11(15-2)4-6-12/h3-6,13H,7-10H2,1-2H3. The fraction of sp³-hybridized carbons (Fsp3) is 0.500. The maximum Gasteiger partial charge on any atom is 0.119 e. The van der Waals surface area contributed by atoms with Gasteiger partial charge in [-0.25, -0.2) is 0 Å². The van der Waals surface area contributed by atoms with Crippen LogP contribution < -0.4 is 14.8 Å². The van der Waals surface area contributed by atoms with Crippen LogP contribution in [0.15, 0.2) is 24.3 Å². The molecule has 0 saturated heterocycles. The molecule has 0 aliphatic rings. The molecule has 1 N–H and O–H groups in total. The smallest absolute Gasteiger partial charge is 0.119 e. The van der Waals surface area contributed by atoms with Gasteiger partial charge in [0, 0.05) is 20.2 Å². The van der Waals surface area contributed by atoms with Gasteiger partial charge < -0.3 is 19.5 Å². The first-order chi connectivity index (χ1) is 7.86. The Bertz CT molecular complexity index is 274. The lowest BCUT2D eigenvalue weighted by Gasteiger charge is -2.07. The predicted molar refractivity (Wildman–Crippen MR) is 63.2 cm³/mol. The Balaban J connectivity index is 2.12. The molecule has 0 heterocycles. The number of methoxy groups -OCH3 is 2. The average molecular weight is 225 g/mol. The minimum atomic E-state index is 0.649. The molecular weight excluding hydrogens is 206 g/mol. The van der Waals surface area contributed by atoms with Crippen molar-refractivity contribution >= 4 is 0 Å². The molecule has 0 aromatic heterocycles. The lowest BCUT2D eigenvalue weighted by atomic mass is 10.3. The summed E-state index contributed by atoms with van der Waals surface area (Å²) in [6.45, 7) is 3.04. The van der Waals surface area contributed by atoms with Crippen LogP contribution in [0.2, 0.25) is 0 Å². The Morgan fingerprint density at radius 2 is 1.56 bits per heavy atom. The van der Waals surface area contributed by atoms with Crippen LogP contribution >= 0.6 is 0 Å². The zero-order chi connectivity index (χ0) is 11.6. The maximum absolute atomic E-state index is 5.53. The van der Waals surface area contributed by atoms with E-state index < -0.39 is 0 Å². The van der Waals surface area contributed by atoms with E-state index in [0.29, 0.717) is 6.61 Å². The molecule has 1 rings (SSSR count). The Kier molecular flexibility index (Phi) is 6.37. The quantitative estimate of drug-likeness (QED) is 0.677. The average Bonchev–Trinajstić information content (AvgIpc) is 2.34. The van der Waals surface area contributed by atoms with Crippen LogP contribution in [0.3, 0.4) is 0 Å². The highest BCUT2D eigenvalue weighted by Gasteiger charge is 1.94. The van der Waals surface area contributed by atoms with E-state index in [1.54, 1.807) is 14.2 Å². The van der Waals surface area contributed by atoms with Crippen LogP contribution in [-0.4, -0.2) is 40.5 Å². The van der Waals surface area contributed by atoms with Gasteiger partial charge in [0.2, 0.25) is 0 Å². The van der Waals surface area contributed by atoms with Gasteiger partial charge in [0.1, 0.15) is 18.1 Å². The van der Waals surface area contributed by atoms with Gasteiger partial charge in [-0.1, -0.05) is 0 Å². The second kappa shape index (κ2) is 7.96. The summed E-state index contributed by atoms with van der Waals surface area (Å²) in [5, 5.41) is 3.20. The number of hydrogen-bond acceptors (Lipinski definition) is 4. The molecule has 0 unspecified atom stereocenters. The molecule has 1 aromatic carbocycles. The van der Waals surface area contributed by atoms with Crippen molar-refractivity contribution < 1.29 is 14.2 Å². The number of rotatable bonds is 8. The van der Waals surface area contributed by atoms with E-state index in [-0.39, 0.29) is 0 Å². The molecule has 0 fully saturated rings. The summed E-state index contributed by atoms with van der Waals surface area (Å²) in [5.41, 5.74) is 0. The third-order valence-electron chi connectivity index (χ3n) is 2.09. The van der Waals surface area contributed by atoms with Crippen molar-refractivity contribution in [2.45, 2.75) is 0 Å². The van der Waals surface area contributed by atoms with Gasteiger partial charge in [0.25, 0.3) is 0 Å². The molecule has 0 aliphatic carbocycles. The molecule has 0 spiro atoms. The van der Waals surface area contributed by atoms with Gasteiger partial charge >= 0.3 is 0 Å². The first kappa shape index (κ1) is 12.8. The minimum absolute atomic E-state index is 0.649. The molecule has 16 heavy (non-hydrogen) atoms. The predicted octanol–water partition coefficient (Wildman–Crippen LogP) is 1.31. The Hall–Kier alpha value is -1.26. The van der Waals surface area contributed by atoms with Gasteiger partial charge in [-0.15, -0.1) is 0 Å². The molecule has 4 heteroatoms. The van der Waals surface area contributed by atoms with Crippen LogP contribution in [0.4, 0.5) is 0 Å². The summed E-state index contributed by atoms with van der Waals surface area (Å²) >= 11 is 0. The maximum atomic E-state index is 5.53. The van der Waals surface area contributed by atoms with Gasteiger partial charge in [-0.05, 0) is 24.3 Å². The number of hydrogen-bond donors (Lipinski definition) is 1. The zero-order valence-corrected chi connectivity index (χ0v) is 9.86. The summed E-state index contributed by atoms with van der Waals surface area (Å²) < 4.78 is 15.5. The van der Waals surface area contributed by atoms with E-state index in [4.69, 9.17) is 14.2 Å². The van der Waals surface area contributed by atoms with Crippen molar-refractivity contribution in [3.05, 3.63) is 24.3 Å². The number of benzene rings is 1. The van der Waals surface area contributed by atoms with Crippen molar-refractivity contribution in [3.8, 4) is 11.5 Å². The SMILES string of the molecule is COCCNCCOc1ccc(OC)cc1. The van der Waals surface area contributed by atoms with E-state index in [0.717, 1.165) is 31.2 Å². The van der Waals surface area contributed by atoms with E-state index in [1.807, 2.05) is 24.3 Å². The highest BCUT2D eigenvalue weighted by molar-refractivity contribution is 5.31. The third-order valence-corrected chi connectivity index (χ3v) is 2.09.